The third-order valence-electron chi connectivity index (χ3n) is 3.20. The number of aromatic nitrogens is 3. The van der Waals surface area contributed by atoms with Crippen molar-refractivity contribution in [1.82, 2.24) is 15.0 Å². The first-order valence-corrected chi connectivity index (χ1v) is 6.93. The van der Waals surface area contributed by atoms with E-state index in [9.17, 15) is 0 Å². The van der Waals surface area contributed by atoms with Crippen LogP contribution >= 0.6 is 0 Å². The molecule has 4 nitrogen and oxygen atoms in total. The van der Waals surface area contributed by atoms with Gasteiger partial charge in [-0.05, 0) is 13.3 Å². The van der Waals surface area contributed by atoms with E-state index < -0.39 is 0 Å². The lowest BCUT2D eigenvalue weighted by Crippen LogP contribution is -2.15. The van der Waals surface area contributed by atoms with Gasteiger partial charge in [-0.2, -0.15) is 0 Å². The maximum absolute atomic E-state index is 6.16. The molecule has 2 N–H and O–H groups in total. The van der Waals surface area contributed by atoms with E-state index in [1.54, 1.807) is 6.20 Å². The molecule has 1 rings (SSSR count). The van der Waals surface area contributed by atoms with Gasteiger partial charge in [0.2, 0.25) is 0 Å². The predicted molar refractivity (Wildman–Crippen MR) is 70.6 cm³/mol. The molecular weight excluding hydrogens is 212 g/mol. The van der Waals surface area contributed by atoms with Crippen LogP contribution in [0.25, 0.3) is 0 Å². The molecule has 0 aliphatic heterocycles. The Morgan fingerprint density at radius 1 is 1.18 bits per heavy atom. The van der Waals surface area contributed by atoms with Crippen LogP contribution in [0.1, 0.15) is 70.5 Å². The SMILES string of the molecule is CCCCCCCCC(N)c1cnnn1CC. The molecule has 0 fully saturated rings. The maximum Gasteiger partial charge on any atom is 0.0754 e. The van der Waals surface area contributed by atoms with Crippen molar-refractivity contribution in [3.63, 3.8) is 0 Å². The van der Waals surface area contributed by atoms with Gasteiger partial charge >= 0.3 is 0 Å². The van der Waals surface area contributed by atoms with Crippen LogP contribution in [0.5, 0.6) is 0 Å². The molecule has 1 heterocycles. The number of hydrogen-bond acceptors (Lipinski definition) is 3. The molecule has 0 radical (unpaired) electrons. The molecule has 17 heavy (non-hydrogen) atoms. The van der Waals surface area contributed by atoms with E-state index in [0.29, 0.717) is 0 Å². The zero-order valence-corrected chi connectivity index (χ0v) is 11.2. The summed E-state index contributed by atoms with van der Waals surface area (Å²) in [7, 11) is 0. The third-order valence-corrected chi connectivity index (χ3v) is 3.20. The summed E-state index contributed by atoms with van der Waals surface area (Å²) in [4.78, 5) is 0. The summed E-state index contributed by atoms with van der Waals surface area (Å²) in [5.41, 5.74) is 7.23. The summed E-state index contributed by atoms with van der Waals surface area (Å²) < 4.78 is 1.89. The van der Waals surface area contributed by atoms with Gasteiger partial charge in [0.15, 0.2) is 0 Å². The molecule has 1 unspecified atom stereocenters. The first-order chi connectivity index (χ1) is 8.29. The number of rotatable bonds is 9. The summed E-state index contributed by atoms with van der Waals surface area (Å²) >= 11 is 0. The molecule has 0 aromatic carbocycles. The smallest absolute Gasteiger partial charge is 0.0754 e. The van der Waals surface area contributed by atoms with Gasteiger partial charge in [0.25, 0.3) is 0 Å². The van der Waals surface area contributed by atoms with E-state index in [4.69, 9.17) is 5.73 Å². The Balaban J connectivity index is 2.19. The number of nitrogens with two attached hydrogens (primary N) is 1. The molecule has 1 aromatic heterocycles. The topological polar surface area (TPSA) is 56.7 Å². The molecule has 0 amide bonds. The quantitative estimate of drug-likeness (QED) is 0.673. The number of unbranched alkanes of at least 4 members (excludes halogenated alkanes) is 5. The van der Waals surface area contributed by atoms with Crippen LogP contribution in [-0.4, -0.2) is 15.0 Å². The Kier molecular flexibility index (Phi) is 6.86. The van der Waals surface area contributed by atoms with E-state index in [-0.39, 0.29) is 6.04 Å². The van der Waals surface area contributed by atoms with Crippen molar-refractivity contribution in [3.8, 4) is 0 Å². The molecule has 98 valence electrons. The molecule has 0 saturated heterocycles. The Labute approximate surface area is 105 Å². The van der Waals surface area contributed by atoms with Gasteiger partial charge in [-0.25, -0.2) is 4.68 Å². The van der Waals surface area contributed by atoms with Crippen LogP contribution in [0.15, 0.2) is 6.20 Å². The molecule has 1 aromatic rings. The second kappa shape index (κ2) is 8.23. The monoisotopic (exact) mass is 238 g/mol. The highest BCUT2D eigenvalue weighted by Gasteiger charge is 2.11. The maximum atomic E-state index is 6.16. The number of aryl methyl sites for hydroxylation is 1. The Bertz CT molecular complexity index is 295. The van der Waals surface area contributed by atoms with Gasteiger partial charge in [-0.15, -0.1) is 5.10 Å². The third kappa shape index (κ3) is 4.86. The number of nitrogens with zero attached hydrogens (tertiary/aromatic N) is 3. The summed E-state index contributed by atoms with van der Waals surface area (Å²) in [5, 5.41) is 7.93. The number of hydrogen-bond donors (Lipinski definition) is 1. The summed E-state index contributed by atoms with van der Waals surface area (Å²) in [6.07, 6.45) is 10.7. The van der Waals surface area contributed by atoms with Crippen LogP contribution < -0.4 is 5.73 Å². The van der Waals surface area contributed by atoms with Gasteiger partial charge in [-0.1, -0.05) is 50.7 Å². The molecular formula is C13H26N4. The van der Waals surface area contributed by atoms with Crippen molar-refractivity contribution in [2.45, 2.75) is 71.4 Å². The molecule has 4 heteroatoms. The lowest BCUT2D eigenvalue weighted by Gasteiger charge is -2.11. The predicted octanol–water partition coefficient (Wildman–Crippen LogP) is 3.05. The van der Waals surface area contributed by atoms with E-state index in [2.05, 4.69) is 24.2 Å². The first kappa shape index (κ1) is 14.2. The molecule has 0 bridgehead atoms. The highest BCUT2D eigenvalue weighted by molar-refractivity contribution is 5.00. The zero-order chi connectivity index (χ0) is 12.5. The van der Waals surface area contributed by atoms with Crippen LogP contribution in [0, 0.1) is 0 Å². The normalized spacial score (nSPS) is 12.9. The average molecular weight is 238 g/mol. The van der Waals surface area contributed by atoms with Crippen LogP contribution in [0.3, 0.4) is 0 Å². The van der Waals surface area contributed by atoms with Crippen molar-refractivity contribution >= 4 is 0 Å². The highest BCUT2D eigenvalue weighted by atomic mass is 15.4. The molecule has 0 spiro atoms. The van der Waals surface area contributed by atoms with Crippen molar-refractivity contribution in [1.29, 1.82) is 0 Å². The average Bonchev–Trinajstić information content (AvgIpc) is 2.81. The standard InChI is InChI=1S/C13H26N4/c1-3-5-6-7-8-9-10-12(14)13-11-15-16-17(13)4-2/h11-12H,3-10,14H2,1-2H3. The van der Waals surface area contributed by atoms with Gasteiger partial charge in [0.1, 0.15) is 0 Å². The lowest BCUT2D eigenvalue weighted by molar-refractivity contribution is 0.505. The fraction of sp³-hybridized carbons (Fsp3) is 0.846. The summed E-state index contributed by atoms with van der Waals surface area (Å²) in [6.45, 7) is 5.16. The van der Waals surface area contributed by atoms with Gasteiger partial charge in [0.05, 0.1) is 11.9 Å². The second-order valence-corrected chi connectivity index (χ2v) is 4.64. The van der Waals surface area contributed by atoms with E-state index in [1.165, 1.54) is 38.5 Å². The fourth-order valence-electron chi connectivity index (χ4n) is 2.09. The molecule has 0 aliphatic rings. The van der Waals surface area contributed by atoms with Crippen LogP contribution in [-0.2, 0) is 6.54 Å². The van der Waals surface area contributed by atoms with Crippen LogP contribution in [0.4, 0.5) is 0 Å². The second-order valence-electron chi connectivity index (χ2n) is 4.64. The van der Waals surface area contributed by atoms with Gasteiger partial charge in [0, 0.05) is 12.6 Å². The van der Waals surface area contributed by atoms with E-state index in [1.807, 2.05) is 4.68 Å². The van der Waals surface area contributed by atoms with Gasteiger partial charge in [-0.3, -0.25) is 0 Å². The minimum Gasteiger partial charge on any atom is -0.323 e. The van der Waals surface area contributed by atoms with Crippen LogP contribution in [0.2, 0.25) is 0 Å². The van der Waals surface area contributed by atoms with E-state index >= 15 is 0 Å². The van der Waals surface area contributed by atoms with E-state index in [0.717, 1.165) is 18.7 Å². The molecule has 0 saturated carbocycles. The minimum absolute atomic E-state index is 0.0936. The van der Waals surface area contributed by atoms with Crippen molar-refractivity contribution in [3.05, 3.63) is 11.9 Å². The summed E-state index contributed by atoms with van der Waals surface area (Å²) in [5.74, 6) is 0. The highest BCUT2D eigenvalue weighted by Crippen LogP contribution is 2.17. The fourth-order valence-corrected chi connectivity index (χ4v) is 2.09. The minimum atomic E-state index is 0.0936. The molecule has 0 aliphatic carbocycles. The summed E-state index contributed by atoms with van der Waals surface area (Å²) in [6, 6.07) is 0.0936. The Morgan fingerprint density at radius 2 is 1.88 bits per heavy atom. The Hall–Kier alpha value is -0.900. The van der Waals surface area contributed by atoms with Gasteiger partial charge < -0.3 is 5.73 Å². The van der Waals surface area contributed by atoms with Crippen molar-refractivity contribution < 1.29 is 0 Å². The largest absolute Gasteiger partial charge is 0.323 e. The molecule has 1 atom stereocenters. The first-order valence-electron chi connectivity index (χ1n) is 6.93. The van der Waals surface area contributed by atoms with Crippen molar-refractivity contribution in [2.24, 2.45) is 5.73 Å². The lowest BCUT2D eigenvalue weighted by atomic mass is 10.0. The Morgan fingerprint density at radius 3 is 2.59 bits per heavy atom. The van der Waals surface area contributed by atoms with Crippen molar-refractivity contribution in [2.75, 3.05) is 0 Å². The zero-order valence-electron chi connectivity index (χ0n) is 11.2.